The number of halogens is 3. The van der Waals surface area contributed by atoms with E-state index in [-0.39, 0.29) is 5.56 Å². The molecule has 54 valence electrons. The van der Waals surface area contributed by atoms with E-state index in [2.05, 4.69) is 0 Å². The second-order valence-corrected chi connectivity index (χ2v) is 2.24. The van der Waals surface area contributed by atoms with Crippen molar-refractivity contribution in [2.45, 2.75) is 5.63 Å². The standard InChI is InChI=1S/C7H5ClF2/c8-7(10)5-2-1-3-6(9)4-5/h1-4,7H. The highest BCUT2D eigenvalue weighted by molar-refractivity contribution is 6.19. The van der Waals surface area contributed by atoms with Gasteiger partial charge in [-0.3, -0.25) is 0 Å². The first-order valence-corrected chi connectivity index (χ1v) is 3.17. The van der Waals surface area contributed by atoms with Crippen LogP contribution >= 0.6 is 11.6 Å². The first kappa shape index (κ1) is 7.48. The molecule has 1 rings (SSSR count). The van der Waals surface area contributed by atoms with Crippen LogP contribution in [-0.4, -0.2) is 0 Å². The fourth-order valence-electron chi connectivity index (χ4n) is 0.642. The van der Waals surface area contributed by atoms with Gasteiger partial charge in [0.25, 0.3) is 0 Å². The van der Waals surface area contributed by atoms with Crippen LogP contribution in [0.15, 0.2) is 24.3 Å². The van der Waals surface area contributed by atoms with Crippen LogP contribution in [-0.2, 0) is 0 Å². The third kappa shape index (κ3) is 1.67. The molecule has 0 nitrogen and oxygen atoms in total. The molecule has 0 aromatic heterocycles. The third-order valence-corrected chi connectivity index (χ3v) is 1.35. The predicted molar refractivity (Wildman–Crippen MR) is 36.1 cm³/mol. The van der Waals surface area contributed by atoms with Gasteiger partial charge in [-0.15, -0.1) is 0 Å². The van der Waals surface area contributed by atoms with Crippen LogP contribution in [0, 0.1) is 5.82 Å². The Hall–Kier alpha value is -0.630. The summed E-state index contributed by atoms with van der Waals surface area (Å²) in [5, 5.41) is 0. The van der Waals surface area contributed by atoms with E-state index in [9.17, 15) is 8.78 Å². The molecule has 0 spiro atoms. The molecule has 0 saturated heterocycles. The Bertz CT molecular complexity index is 223. The van der Waals surface area contributed by atoms with Gasteiger partial charge < -0.3 is 0 Å². The smallest absolute Gasteiger partial charge is 0.198 e. The summed E-state index contributed by atoms with van der Waals surface area (Å²) in [6, 6.07) is 5.15. The molecular weight excluding hydrogens is 158 g/mol. The monoisotopic (exact) mass is 162 g/mol. The van der Waals surface area contributed by atoms with E-state index < -0.39 is 11.4 Å². The zero-order valence-corrected chi connectivity index (χ0v) is 5.78. The molecule has 0 heterocycles. The normalized spacial score (nSPS) is 13.1. The summed E-state index contributed by atoms with van der Waals surface area (Å²) in [6.45, 7) is 0. The predicted octanol–water partition coefficient (Wildman–Crippen LogP) is 3.03. The van der Waals surface area contributed by atoms with Gasteiger partial charge in [0.15, 0.2) is 5.63 Å². The fourth-order valence-corrected chi connectivity index (χ4v) is 0.778. The van der Waals surface area contributed by atoms with E-state index >= 15 is 0 Å². The molecule has 0 aliphatic rings. The number of hydrogen-bond donors (Lipinski definition) is 0. The lowest BCUT2D eigenvalue weighted by Gasteiger charge is -1.97. The van der Waals surface area contributed by atoms with Gasteiger partial charge in [0.2, 0.25) is 0 Å². The maximum Gasteiger partial charge on any atom is 0.198 e. The lowest BCUT2D eigenvalue weighted by atomic mass is 10.2. The lowest BCUT2D eigenvalue weighted by Crippen LogP contribution is -1.82. The van der Waals surface area contributed by atoms with Crippen LogP contribution in [0.3, 0.4) is 0 Å². The van der Waals surface area contributed by atoms with Crippen LogP contribution < -0.4 is 0 Å². The van der Waals surface area contributed by atoms with Crippen molar-refractivity contribution < 1.29 is 8.78 Å². The van der Waals surface area contributed by atoms with Crippen LogP contribution in [0.2, 0.25) is 0 Å². The highest BCUT2D eigenvalue weighted by Crippen LogP contribution is 2.21. The Morgan fingerprint density at radius 1 is 1.40 bits per heavy atom. The van der Waals surface area contributed by atoms with Crippen molar-refractivity contribution in [2.24, 2.45) is 0 Å². The van der Waals surface area contributed by atoms with E-state index in [1.807, 2.05) is 0 Å². The largest absolute Gasteiger partial charge is 0.225 e. The van der Waals surface area contributed by atoms with Crippen LogP contribution in [0.1, 0.15) is 11.2 Å². The average molecular weight is 163 g/mol. The van der Waals surface area contributed by atoms with E-state index in [0.29, 0.717) is 0 Å². The zero-order valence-electron chi connectivity index (χ0n) is 5.02. The molecule has 1 unspecified atom stereocenters. The summed E-state index contributed by atoms with van der Waals surface area (Å²) < 4.78 is 24.5. The van der Waals surface area contributed by atoms with Gasteiger partial charge in [-0.25, -0.2) is 8.78 Å². The molecule has 0 bridgehead atoms. The van der Waals surface area contributed by atoms with Gasteiger partial charge in [-0.1, -0.05) is 23.7 Å². The summed E-state index contributed by atoms with van der Waals surface area (Å²) >= 11 is 5.04. The molecule has 0 saturated carbocycles. The Balaban J connectivity index is 2.96. The Morgan fingerprint density at radius 2 is 2.10 bits per heavy atom. The highest BCUT2D eigenvalue weighted by Gasteiger charge is 2.03. The van der Waals surface area contributed by atoms with Gasteiger partial charge >= 0.3 is 0 Å². The third-order valence-electron chi connectivity index (χ3n) is 1.10. The molecule has 1 aromatic rings. The van der Waals surface area contributed by atoms with Crippen LogP contribution in [0.4, 0.5) is 8.78 Å². The van der Waals surface area contributed by atoms with Crippen molar-refractivity contribution >= 4 is 11.6 Å². The average Bonchev–Trinajstić information content (AvgIpc) is 1.88. The second kappa shape index (κ2) is 2.97. The lowest BCUT2D eigenvalue weighted by molar-refractivity contribution is 0.458. The minimum absolute atomic E-state index is 0.154. The summed E-state index contributed by atoms with van der Waals surface area (Å²) in [4.78, 5) is 0. The first-order chi connectivity index (χ1) is 4.70. The highest BCUT2D eigenvalue weighted by atomic mass is 35.5. The topological polar surface area (TPSA) is 0 Å². The number of alkyl halides is 2. The summed E-state index contributed by atoms with van der Waals surface area (Å²) in [6.07, 6.45) is 0. The van der Waals surface area contributed by atoms with Gasteiger partial charge in [0, 0.05) is 5.56 Å². The van der Waals surface area contributed by atoms with E-state index in [1.54, 1.807) is 0 Å². The molecule has 0 N–H and O–H groups in total. The Labute approximate surface area is 62.4 Å². The summed E-state index contributed by atoms with van der Waals surface area (Å²) in [5.41, 5.74) is -1.46. The molecule has 0 amide bonds. The summed E-state index contributed by atoms with van der Waals surface area (Å²) in [5.74, 6) is -0.471. The number of benzene rings is 1. The molecule has 1 aromatic carbocycles. The molecule has 0 fully saturated rings. The van der Waals surface area contributed by atoms with Crippen LogP contribution in [0.5, 0.6) is 0 Å². The fraction of sp³-hybridized carbons (Fsp3) is 0.143. The summed E-state index contributed by atoms with van der Waals surface area (Å²) in [7, 11) is 0. The van der Waals surface area contributed by atoms with Gasteiger partial charge in [-0.2, -0.15) is 0 Å². The second-order valence-electron chi connectivity index (χ2n) is 1.86. The molecule has 10 heavy (non-hydrogen) atoms. The Kier molecular flexibility index (Phi) is 2.22. The van der Waals surface area contributed by atoms with Crippen molar-refractivity contribution in [1.82, 2.24) is 0 Å². The van der Waals surface area contributed by atoms with Crippen molar-refractivity contribution in [3.8, 4) is 0 Å². The molecule has 1 atom stereocenters. The molecule has 3 heteroatoms. The van der Waals surface area contributed by atoms with E-state index in [1.165, 1.54) is 18.2 Å². The number of hydrogen-bond acceptors (Lipinski definition) is 0. The van der Waals surface area contributed by atoms with E-state index in [0.717, 1.165) is 6.07 Å². The molecular formula is C7H5ClF2. The minimum atomic E-state index is -1.62. The maximum absolute atomic E-state index is 12.3. The molecule has 0 aliphatic carbocycles. The van der Waals surface area contributed by atoms with Crippen LogP contribution in [0.25, 0.3) is 0 Å². The quantitative estimate of drug-likeness (QED) is 0.557. The SMILES string of the molecule is Fc1cccc(C(F)Cl)c1. The van der Waals surface area contributed by atoms with Gasteiger partial charge in [-0.05, 0) is 12.1 Å². The van der Waals surface area contributed by atoms with E-state index in [4.69, 9.17) is 11.6 Å². The first-order valence-electron chi connectivity index (χ1n) is 2.74. The minimum Gasteiger partial charge on any atom is -0.225 e. The van der Waals surface area contributed by atoms with Crippen molar-refractivity contribution in [2.75, 3.05) is 0 Å². The van der Waals surface area contributed by atoms with Crippen molar-refractivity contribution in [3.63, 3.8) is 0 Å². The van der Waals surface area contributed by atoms with Crippen molar-refractivity contribution in [1.29, 1.82) is 0 Å². The molecule has 0 aliphatic heterocycles. The van der Waals surface area contributed by atoms with Gasteiger partial charge in [0.05, 0.1) is 0 Å². The maximum atomic E-state index is 12.3. The number of rotatable bonds is 1. The van der Waals surface area contributed by atoms with Gasteiger partial charge in [0.1, 0.15) is 5.82 Å². The zero-order chi connectivity index (χ0) is 7.56. The van der Waals surface area contributed by atoms with Crippen molar-refractivity contribution in [3.05, 3.63) is 35.6 Å². The molecule has 0 radical (unpaired) electrons. The Morgan fingerprint density at radius 3 is 2.50 bits per heavy atom.